The van der Waals surface area contributed by atoms with E-state index in [4.69, 9.17) is 5.11 Å². The third-order valence-electron chi connectivity index (χ3n) is 3.52. The molecule has 0 radical (unpaired) electrons. The van der Waals surface area contributed by atoms with E-state index in [0.717, 1.165) is 11.3 Å². The van der Waals surface area contributed by atoms with E-state index in [1.165, 1.54) is 12.1 Å². The van der Waals surface area contributed by atoms with Crippen molar-refractivity contribution in [2.45, 2.75) is 13.0 Å². The van der Waals surface area contributed by atoms with E-state index in [2.05, 4.69) is 10.2 Å². The summed E-state index contributed by atoms with van der Waals surface area (Å²) in [6, 6.07) is 6.21. The van der Waals surface area contributed by atoms with Gasteiger partial charge in [-0.3, -0.25) is 9.89 Å². The molecule has 0 spiro atoms. The van der Waals surface area contributed by atoms with Crippen molar-refractivity contribution in [1.29, 1.82) is 0 Å². The Labute approximate surface area is 115 Å². The Bertz CT molecular complexity index is 654. The molecule has 0 saturated heterocycles. The number of amides is 1. The molecule has 3 rings (SSSR count). The van der Waals surface area contributed by atoms with Crippen LogP contribution >= 0.6 is 0 Å². The SMILES string of the molecule is O=C(CO)N1CCc2[nH]nc(-c3cccc(F)c3)c2C1. The third-order valence-corrected chi connectivity index (χ3v) is 3.52. The molecule has 0 saturated carbocycles. The monoisotopic (exact) mass is 275 g/mol. The Kier molecular flexibility index (Phi) is 3.23. The van der Waals surface area contributed by atoms with Crippen molar-refractivity contribution in [2.24, 2.45) is 0 Å². The number of hydrogen-bond acceptors (Lipinski definition) is 3. The minimum absolute atomic E-state index is 0.304. The first kappa shape index (κ1) is 12.8. The normalized spacial score (nSPS) is 14.2. The van der Waals surface area contributed by atoms with Crippen molar-refractivity contribution in [3.05, 3.63) is 41.3 Å². The smallest absolute Gasteiger partial charge is 0.248 e. The number of aromatic nitrogens is 2. The van der Waals surface area contributed by atoms with Crippen LogP contribution in [0.15, 0.2) is 24.3 Å². The average molecular weight is 275 g/mol. The van der Waals surface area contributed by atoms with Gasteiger partial charge in [0, 0.05) is 36.3 Å². The van der Waals surface area contributed by atoms with Gasteiger partial charge in [0.05, 0.1) is 5.69 Å². The van der Waals surface area contributed by atoms with Crippen LogP contribution in [0.3, 0.4) is 0 Å². The quantitative estimate of drug-likeness (QED) is 0.862. The van der Waals surface area contributed by atoms with Crippen molar-refractivity contribution in [3.8, 4) is 11.3 Å². The second-order valence-electron chi connectivity index (χ2n) is 4.76. The lowest BCUT2D eigenvalue weighted by Gasteiger charge is -2.26. The minimum atomic E-state index is -0.498. The fourth-order valence-electron chi connectivity index (χ4n) is 2.48. The first-order valence-corrected chi connectivity index (χ1v) is 6.39. The fourth-order valence-corrected chi connectivity index (χ4v) is 2.48. The van der Waals surface area contributed by atoms with Gasteiger partial charge in [-0.05, 0) is 12.1 Å². The number of aliphatic hydroxyl groups excluding tert-OH is 1. The van der Waals surface area contributed by atoms with Crippen LogP contribution in [0.2, 0.25) is 0 Å². The Balaban J connectivity index is 1.97. The Morgan fingerprint density at radius 1 is 1.50 bits per heavy atom. The summed E-state index contributed by atoms with van der Waals surface area (Å²) in [4.78, 5) is 13.2. The van der Waals surface area contributed by atoms with Crippen molar-refractivity contribution in [2.75, 3.05) is 13.2 Å². The van der Waals surface area contributed by atoms with Crippen molar-refractivity contribution >= 4 is 5.91 Å². The second kappa shape index (κ2) is 5.05. The molecule has 2 N–H and O–H groups in total. The number of nitrogens with one attached hydrogen (secondary N) is 1. The van der Waals surface area contributed by atoms with Gasteiger partial charge < -0.3 is 10.0 Å². The van der Waals surface area contributed by atoms with Crippen LogP contribution in [0.1, 0.15) is 11.3 Å². The maximum Gasteiger partial charge on any atom is 0.248 e. The van der Waals surface area contributed by atoms with E-state index in [9.17, 15) is 9.18 Å². The highest BCUT2D eigenvalue weighted by molar-refractivity contribution is 5.78. The molecule has 5 nitrogen and oxygen atoms in total. The summed E-state index contributed by atoms with van der Waals surface area (Å²) in [5, 5.41) is 16.1. The average Bonchev–Trinajstić information content (AvgIpc) is 2.89. The lowest BCUT2D eigenvalue weighted by molar-refractivity contribution is -0.135. The van der Waals surface area contributed by atoms with Gasteiger partial charge in [0.1, 0.15) is 12.4 Å². The molecule has 6 heteroatoms. The molecule has 1 amide bonds. The van der Waals surface area contributed by atoms with E-state index in [1.54, 1.807) is 17.0 Å². The fraction of sp³-hybridized carbons (Fsp3) is 0.286. The highest BCUT2D eigenvalue weighted by Crippen LogP contribution is 2.28. The Hall–Kier alpha value is -2.21. The molecule has 1 aromatic carbocycles. The maximum absolute atomic E-state index is 13.3. The third kappa shape index (κ3) is 2.18. The number of nitrogens with zero attached hydrogens (tertiary/aromatic N) is 2. The number of carbonyl (C=O) groups is 1. The summed E-state index contributed by atoms with van der Waals surface area (Å²) in [5.74, 6) is -0.625. The predicted molar refractivity (Wildman–Crippen MR) is 70.2 cm³/mol. The van der Waals surface area contributed by atoms with Gasteiger partial charge in [-0.2, -0.15) is 5.10 Å². The van der Waals surface area contributed by atoms with E-state index in [-0.39, 0.29) is 11.7 Å². The molecule has 1 aliphatic rings. The summed E-state index contributed by atoms with van der Waals surface area (Å²) in [7, 11) is 0. The van der Waals surface area contributed by atoms with Crippen LogP contribution in [-0.2, 0) is 17.8 Å². The summed E-state index contributed by atoms with van der Waals surface area (Å²) < 4.78 is 13.3. The van der Waals surface area contributed by atoms with Gasteiger partial charge in [0.2, 0.25) is 5.91 Å². The number of fused-ring (bicyclic) bond motifs is 1. The van der Waals surface area contributed by atoms with E-state index < -0.39 is 6.61 Å². The summed E-state index contributed by atoms with van der Waals surface area (Å²) >= 11 is 0. The lowest BCUT2D eigenvalue weighted by atomic mass is 10.0. The molecule has 0 atom stereocenters. The second-order valence-corrected chi connectivity index (χ2v) is 4.76. The lowest BCUT2D eigenvalue weighted by Crippen LogP contribution is -2.37. The van der Waals surface area contributed by atoms with Crippen molar-refractivity contribution in [1.82, 2.24) is 15.1 Å². The summed E-state index contributed by atoms with van der Waals surface area (Å²) in [6.07, 6.45) is 0.656. The van der Waals surface area contributed by atoms with E-state index in [1.807, 2.05) is 0 Å². The number of aromatic amines is 1. The number of rotatable bonds is 2. The van der Waals surface area contributed by atoms with Crippen molar-refractivity contribution in [3.63, 3.8) is 0 Å². The highest BCUT2D eigenvalue weighted by Gasteiger charge is 2.25. The number of benzene rings is 1. The van der Waals surface area contributed by atoms with E-state index in [0.29, 0.717) is 30.8 Å². The van der Waals surface area contributed by atoms with Gasteiger partial charge in [-0.1, -0.05) is 12.1 Å². The van der Waals surface area contributed by atoms with Gasteiger partial charge in [-0.25, -0.2) is 4.39 Å². The zero-order valence-corrected chi connectivity index (χ0v) is 10.8. The largest absolute Gasteiger partial charge is 0.387 e. The predicted octanol–water partition coefficient (Wildman–Crippen LogP) is 1.09. The topological polar surface area (TPSA) is 69.2 Å². The zero-order valence-electron chi connectivity index (χ0n) is 10.8. The summed E-state index contributed by atoms with van der Waals surface area (Å²) in [6.45, 7) is 0.441. The molecule has 0 bridgehead atoms. The Morgan fingerprint density at radius 3 is 3.10 bits per heavy atom. The molecule has 104 valence electrons. The molecule has 2 heterocycles. The van der Waals surface area contributed by atoms with Crippen LogP contribution < -0.4 is 0 Å². The Morgan fingerprint density at radius 2 is 2.35 bits per heavy atom. The van der Waals surface area contributed by atoms with Crippen LogP contribution in [0.5, 0.6) is 0 Å². The first-order valence-electron chi connectivity index (χ1n) is 6.39. The molecule has 2 aromatic rings. The maximum atomic E-state index is 13.3. The van der Waals surface area contributed by atoms with E-state index >= 15 is 0 Å². The van der Waals surface area contributed by atoms with Crippen LogP contribution in [-0.4, -0.2) is 39.3 Å². The number of carbonyl (C=O) groups excluding carboxylic acids is 1. The van der Waals surface area contributed by atoms with Crippen LogP contribution in [0.4, 0.5) is 4.39 Å². The number of halogens is 1. The van der Waals surface area contributed by atoms with Gasteiger partial charge >= 0.3 is 0 Å². The number of hydrogen-bond donors (Lipinski definition) is 2. The van der Waals surface area contributed by atoms with Crippen LogP contribution in [0.25, 0.3) is 11.3 Å². The van der Waals surface area contributed by atoms with Crippen molar-refractivity contribution < 1.29 is 14.3 Å². The molecule has 1 aromatic heterocycles. The zero-order chi connectivity index (χ0) is 14.1. The van der Waals surface area contributed by atoms with Crippen LogP contribution in [0, 0.1) is 5.82 Å². The van der Waals surface area contributed by atoms with Gasteiger partial charge in [0.15, 0.2) is 0 Å². The number of H-pyrrole nitrogens is 1. The molecule has 0 aliphatic carbocycles. The summed E-state index contributed by atoms with van der Waals surface area (Å²) in [5.41, 5.74) is 3.20. The molecule has 20 heavy (non-hydrogen) atoms. The molecule has 0 fully saturated rings. The molecular formula is C14H14FN3O2. The minimum Gasteiger partial charge on any atom is -0.387 e. The van der Waals surface area contributed by atoms with Gasteiger partial charge in [0.25, 0.3) is 0 Å². The van der Waals surface area contributed by atoms with Gasteiger partial charge in [-0.15, -0.1) is 0 Å². The standard InChI is InChI=1S/C14H14FN3O2/c15-10-3-1-2-9(6-10)14-11-7-18(13(20)8-19)5-4-12(11)16-17-14/h1-3,6,19H,4-5,7-8H2,(H,16,17). The first-order chi connectivity index (χ1) is 9.69. The highest BCUT2D eigenvalue weighted by atomic mass is 19.1. The number of aliphatic hydroxyl groups is 1. The molecule has 1 aliphatic heterocycles. The molecule has 0 unspecified atom stereocenters. The molecular weight excluding hydrogens is 261 g/mol.